The molecule has 4 heteroatoms. The zero-order valence-corrected chi connectivity index (χ0v) is 22.0. The Morgan fingerprint density at radius 1 is 1.24 bits per heavy atom. The van der Waals surface area contributed by atoms with Crippen LogP contribution in [0.2, 0.25) is 16.8 Å². The summed E-state index contributed by atoms with van der Waals surface area (Å²) in [5, 5.41) is 1.83. The van der Waals surface area contributed by atoms with Crippen LogP contribution in [0.25, 0.3) is 0 Å². The van der Waals surface area contributed by atoms with Gasteiger partial charge in [-0.1, -0.05) is 0 Å². The van der Waals surface area contributed by atoms with Crippen molar-refractivity contribution >= 4 is 30.7 Å². The van der Waals surface area contributed by atoms with Crippen molar-refractivity contribution in [2.24, 2.45) is 5.92 Å². The predicted octanol–water partition coefficient (Wildman–Crippen LogP) is 7.32. The van der Waals surface area contributed by atoms with Gasteiger partial charge < -0.3 is 0 Å². The van der Waals surface area contributed by atoms with Gasteiger partial charge in [0.1, 0.15) is 0 Å². The van der Waals surface area contributed by atoms with Crippen LogP contribution in [0.1, 0.15) is 52.4 Å². The molecule has 0 amide bonds. The molecule has 0 aromatic rings. The minimum absolute atomic E-state index is 0.381. The van der Waals surface area contributed by atoms with Gasteiger partial charge >= 0.3 is 171 Å². The van der Waals surface area contributed by atoms with E-state index >= 15 is 0 Å². The van der Waals surface area contributed by atoms with Gasteiger partial charge in [0.05, 0.1) is 0 Å². The Morgan fingerprint density at radius 3 is 2.56 bits per heavy atom. The molecule has 0 nitrogen and oxygen atoms in total. The minimum atomic E-state index is -2.58. The van der Waals surface area contributed by atoms with Crippen molar-refractivity contribution in [2.75, 3.05) is 0 Å². The maximum atomic E-state index is 6.78. The number of rotatable bonds is 4. The van der Waals surface area contributed by atoms with E-state index in [1.807, 2.05) is 5.17 Å². The number of allylic oxidation sites excluding steroid dienone is 8. The molecule has 2 unspecified atom stereocenters. The molecule has 25 heavy (non-hydrogen) atoms. The first kappa shape index (κ1) is 20.2. The quantitative estimate of drug-likeness (QED) is 0.317. The van der Waals surface area contributed by atoms with Gasteiger partial charge in [-0.25, -0.2) is 0 Å². The van der Waals surface area contributed by atoms with E-state index in [4.69, 9.17) is 17.2 Å². The normalized spacial score (nSPS) is 26.2. The topological polar surface area (TPSA) is 0 Å². The third-order valence-corrected chi connectivity index (χ3v) is 15.6. The molecule has 2 atom stereocenters. The SMILES string of the molecule is CCCC1=C(C2=CC=CC2)C2=C(CCCC(=[Si](C)C)C2C)[CH]1[Hf]([Cl])[Cl]. The summed E-state index contributed by atoms with van der Waals surface area (Å²) in [6.45, 7) is 9.69. The molecule has 0 N–H and O–H groups in total. The van der Waals surface area contributed by atoms with Gasteiger partial charge in [-0.2, -0.15) is 0 Å². The standard InChI is InChI=1S/C21H29Si.2ClH.Hf/c1-5-9-17-14-18-12-8-13-19(22(3)4)15(2)20(18)21(17)16-10-6-7-11-16;;;/h6-7,10,14-15H,5,8-9,11-13H2,1-4H3;2*1H;/q;;;+2/p-2. The van der Waals surface area contributed by atoms with Crippen molar-refractivity contribution in [1.82, 2.24) is 0 Å². The van der Waals surface area contributed by atoms with Crippen LogP contribution in [0, 0.1) is 5.92 Å². The molecule has 3 aliphatic carbocycles. The molecule has 0 radical (unpaired) electrons. The summed E-state index contributed by atoms with van der Waals surface area (Å²) in [6.07, 6.45) is 14.1. The van der Waals surface area contributed by atoms with Gasteiger partial charge in [0.15, 0.2) is 0 Å². The van der Waals surface area contributed by atoms with Crippen LogP contribution in [0.5, 0.6) is 0 Å². The summed E-state index contributed by atoms with van der Waals surface area (Å²) in [6, 6.07) is 0. The first-order valence-corrected chi connectivity index (χ1v) is 23.1. The van der Waals surface area contributed by atoms with Crippen LogP contribution >= 0.6 is 17.2 Å². The zero-order valence-electron chi connectivity index (χ0n) is 15.9. The van der Waals surface area contributed by atoms with Crippen molar-refractivity contribution < 1.29 is 19.1 Å². The number of halogens is 2. The van der Waals surface area contributed by atoms with Crippen LogP contribution < -0.4 is 0 Å². The number of hydrogen-bond donors (Lipinski definition) is 0. The predicted molar refractivity (Wildman–Crippen MR) is 112 cm³/mol. The maximum absolute atomic E-state index is 6.78. The first-order valence-electron chi connectivity index (χ1n) is 9.63. The summed E-state index contributed by atoms with van der Waals surface area (Å²) in [5.74, 6) is 0.591. The molecule has 0 fully saturated rings. The van der Waals surface area contributed by atoms with E-state index in [2.05, 4.69) is 45.2 Å². The summed E-state index contributed by atoms with van der Waals surface area (Å²) < 4.78 is 0.450. The van der Waals surface area contributed by atoms with Crippen LogP contribution in [0.4, 0.5) is 0 Å². The second-order valence-electron chi connectivity index (χ2n) is 7.74. The fraction of sp³-hybridized carbons (Fsp3) is 0.571. The Kier molecular flexibility index (Phi) is 7.02. The third kappa shape index (κ3) is 3.88. The molecule has 0 saturated heterocycles. The Bertz CT molecular complexity index is 705. The first-order chi connectivity index (χ1) is 12.0. The molecular weight excluding hydrogens is 530 g/mol. The van der Waals surface area contributed by atoms with Crippen molar-refractivity contribution in [2.45, 2.75) is 69.1 Å². The van der Waals surface area contributed by atoms with E-state index in [1.54, 1.807) is 22.3 Å². The Balaban J connectivity index is 2.20. The van der Waals surface area contributed by atoms with Gasteiger partial charge in [0.2, 0.25) is 0 Å². The summed E-state index contributed by atoms with van der Waals surface area (Å²) in [4.78, 5) is 0. The van der Waals surface area contributed by atoms with Crippen LogP contribution in [-0.2, 0) is 19.1 Å². The van der Waals surface area contributed by atoms with E-state index in [-0.39, 0.29) is 8.41 Å². The van der Waals surface area contributed by atoms with Gasteiger partial charge in [-0.15, -0.1) is 0 Å². The van der Waals surface area contributed by atoms with Gasteiger partial charge in [0.25, 0.3) is 0 Å². The molecule has 0 saturated carbocycles. The molecule has 0 aromatic carbocycles. The van der Waals surface area contributed by atoms with Crippen molar-refractivity contribution in [1.29, 1.82) is 0 Å². The molecule has 135 valence electrons. The summed E-state index contributed by atoms with van der Waals surface area (Å²) in [7, 11) is 13.2. The molecule has 0 heterocycles. The van der Waals surface area contributed by atoms with Crippen molar-refractivity contribution in [3.63, 3.8) is 0 Å². The van der Waals surface area contributed by atoms with Gasteiger partial charge in [0, 0.05) is 0 Å². The molecule has 0 spiro atoms. The van der Waals surface area contributed by atoms with Crippen molar-refractivity contribution in [3.05, 3.63) is 46.1 Å². The van der Waals surface area contributed by atoms with E-state index in [0.717, 1.165) is 12.8 Å². The van der Waals surface area contributed by atoms with Crippen molar-refractivity contribution in [3.8, 4) is 0 Å². The third-order valence-electron chi connectivity index (χ3n) is 5.95. The molecule has 0 aromatic heterocycles. The van der Waals surface area contributed by atoms with E-state index in [9.17, 15) is 0 Å². The average Bonchev–Trinajstić information content (AvgIpc) is 3.13. The summed E-state index contributed by atoms with van der Waals surface area (Å²) >= 11 is -2.58. The molecule has 0 bridgehead atoms. The van der Waals surface area contributed by atoms with E-state index in [0.29, 0.717) is 9.59 Å². The Labute approximate surface area is 170 Å². The number of hydrogen-bond acceptors (Lipinski definition) is 0. The zero-order chi connectivity index (χ0) is 18.1. The second kappa shape index (κ2) is 8.67. The molecular formula is C21H29Cl2HfSi. The van der Waals surface area contributed by atoms with Crippen LogP contribution in [0.15, 0.2) is 46.1 Å². The molecule has 3 aliphatic rings. The Hall–Kier alpha value is 0.497. The Morgan fingerprint density at radius 2 is 2.00 bits per heavy atom. The monoisotopic (exact) mass is 559 g/mol. The molecule has 0 aliphatic heterocycles. The summed E-state index contributed by atoms with van der Waals surface area (Å²) in [5.41, 5.74) is 8.04. The second-order valence-corrected chi connectivity index (χ2v) is 22.8. The van der Waals surface area contributed by atoms with Crippen LogP contribution in [0.3, 0.4) is 0 Å². The van der Waals surface area contributed by atoms with E-state index in [1.165, 1.54) is 31.3 Å². The van der Waals surface area contributed by atoms with E-state index < -0.39 is 19.1 Å². The fourth-order valence-electron chi connectivity index (χ4n) is 4.97. The van der Waals surface area contributed by atoms with Crippen LogP contribution in [-0.4, -0.2) is 13.6 Å². The van der Waals surface area contributed by atoms with Gasteiger partial charge in [-0.3, -0.25) is 0 Å². The fourth-order valence-corrected chi connectivity index (χ4v) is 15.0. The average molecular weight is 559 g/mol. The molecule has 3 rings (SSSR count). The van der Waals surface area contributed by atoms with Gasteiger partial charge in [-0.05, 0) is 0 Å².